The number of hydrazine groups is 1. The molecule has 0 radical (unpaired) electrons. The van der Waals surface area contributed by atoms with Crippen molar-refractivity contribution < 1.29 is 4.92 Å². The van der Waals surface area contributed by atoms with Crippen LogP contribution in [0.2, 0.25) is 0 Å². The first-order valence-electron chi connectivity index (χ1n) is 6.95. The van der Waals surface area contributed by atoms with Crippen LogP contribution in [0, 0.1) is 16.0 Å². The zero-order chi connectivity index (χ0) is 14.1. The van der Waals surface area contributed by atoms with Gasteiger partial charge in [0.15, 0.2) is 0 Å². The highest BCUT2D eigenvalue weighted by atomic mass is 16.6. The molecule has 3 rings (SSSR count). The molecule has 2 unspecified atom stereocenters. The molecule has 20 heavy (non-hydrogen) atoms. The number of nitrogens with zero attached hydrogens (tertiary/aromatic N) is 4. The number of nitro groups is 1. The summed E-state index contributed by atoms with van der Waals surface area (Å²) in [6.45, 7) is 0.817. The van der Waals surface area contributed by atoms with Crippen LogP contribution < -0.4 is 16.2 Å². The first-order valence-corrected chi connectivity index (χ1v) is 6.95. The van der Waals surface area contributed by atoms with Crippen LogP contribution in [0.3, 0.4) is 0 Å². The summed E-state index contributed by atoms with van der Waals surface area (Å²) in [5.74, 6) is 6.42. The molecule has 2 fully saturated rings. The van der Waals surface area contributed by atoms with E-state index in [9.17, 15) is 10.1 Å². The number of hydrogen-bond donors (Lipinski definition) is 2. The second-order valence-corrected chi connectivity index (χ2v) is 5.39. The van der Waals surface area contributed by atoms with Gasteiger partial charge in [0.25, 0.3) is 0 Å². The van der Waals surface area contributed by atoms with Gasteiger partial charge in [-0.05, 0) is 25.2 Å². The summed E-state index contributed by atoms with van der Waals surface area (Å²) in [5.41, 5.74) is 2.17. The molecule has 1 aliphatic heterocycles. The van der Waals surface area contributed by atoms with Gasteiger partial charge in [-0.1, -0.05) is 12.8 Å². The van der Waals surface area contributed by atoms with E-state index in [1.807, 2.05) is 0 Å². The van der Waals surface area contributed by atoms with Gasteiger partial charge in [-0.2, -0.15) is 0 Å². The molecule has 1 aliphatic carbocycles. The molecule has 2 heterocycles. The largest absolute Gasteiger partial charge is 0.354 e. The zero-order valence-electron chi connectivity index (χ0n) is 11.2. The second-order valence-electron chi connectivity index (χ2n) is 5.39. The molecule has 0 aromatic carbocycles. The van der Waals surface area contributed by atoms with Gasteiger partial charge in [0.1, 0.15) is 6.33 Å². The number of nitrogens with two attached hydrogens (primary N) is 1. The predicted molar refractivity (Wildman–Crippen MR) is 74.2 cm³/mol. The van der Waals surface area contributed by atoms with E-state index in [0.717, 1.165) is 19.4 Å². The summed E-state index contributed by atoms with van der Waals surface area (Å²) in [7, 11) is 0. The molecule has 1 saturated heterocycles. The van der Waals surface area contributed by atoms with Crippen LogP contribution in [0.1, 0.15) is 32.1 Å². The molecule has 8 heteroatoms. The highest BCUT2D eigenvalue weighted by molar-refractivity contribution is 5.70. The van der Waals surface area contributed by atoms with E-state index < -0.39 is 4.92 Å². The number of rotatable bonds is 3. The van der Waals surface area contributed by atoms with Crippen LogP contribution in [0.15, 0.2) is 6.33 Å². The van der Waals surface area contributed by atoms with E-state index >= 15 is 0 Å². The van der Waals surface area contributed by atoms with E-state index in [1.165, 1.54) is 25.6 Å². The topological polar surface area (TPSA) is 110 Å². The van der Waals surface area contributed by atoms with Crippen molar-refractivity contribution >= 4 is 17.3 Å². The van der Waals surface area contributed by atoms with Crippen molar-refractivity contribution in [1.82, 2.24) is 9.97 Å². The Bertz CT molecular complexity index is 523. The van der Waals surface area contributed by atoms with Crippen molar-refractivity contribution in [3.63, 3.8) is 0 Å². The van der Waals surface area contributed by atoms with Gasteiger partial charge in [0, 0.05) is 12.6 Å². The second kappa shape index (κ2) is 5.20. The maximum Gasteiger partial charge on any atom is 0.354 e. The van der Waals surface area contributed by atoms with Crippen LogP contribution in [0.4, 0.5) is 17.3 Å². The zero-order valence-corrected chi connectivity index (χ0v) is 11.2. The smallest absolute Gasteiger partial charge is 0.347 e. The van der Waals surface area contributed by atoms with Crippen molar-refractivity contribution in [2.24, 2.45) is 11.8 Å². The average Bonchev–Trinajstić information content (AvgIpc) is 2.90. The van der Waals surface area contributed by atoms with Gasteiger partial charge in [-0.15, -0.1) is 0 Å². The monoisotopic (exact) mass is 278 g/mol. The molecular formula is C12H18N6O2. The summed E-state index contributed by atoms with van der Waals surface area (Å²) in [6.07, 6.45) is 7.14. The Kier molecular flexibility index (Phi) is 3.39. The highest BCUT2D eigenvalue weighted by Gasteiger charge is 2.40. The molecule has 8 nitrogen and oxygen atoms in total. The summed E-state index contributed by atoms with van der Waals surface area (Å²) in [6, 6.07) is 0.364. The fraction of sp³-hybridized carbons (Fsp3) is 0.667. The van der Waals surface area contributed by atoms with Gasteiger partial charge in [0.05, 0.1) is 4.92 Å². The number of fused-ring (bicyclic) bond motifs is 1. The van der Waals surface area contributed by atoms with Crippen LogP contribution in [0.25, 0.3) is 0 Å². The summed E-state index contributed by atoms with van der Waals surface area (Å²) >= 11 is 0. The van der Waals surface area contributed by atoms with Crippen LogP contribution in [-0.2, 0) is 0 Å². The number of aromatic nitrogens is 2. The molecule has 0 spiro atoms. The molecule has 1 aromatic rings. The molecule has 1 saturated carbocycles. The molecule has 3 N–H and O–H groups in total. The quantitative estimate of drug-likeness (QED) is 0.489. The van der Waals surface area contributed by atoms with Gasteiger partial charge in [-0.25, -0.2) is 15.8 Å². The predicted octanol–water partition coefficient (Wildman–Crippen LogP) is 1.44. The lowest BCUT2D eigenvalue weighted by atomic mass is 9.85. The highest BCUT2D eigenvalue weighted by Crippen LogP contribution is 2.42. The minimum atomic E-state index is -0.458. The number of nitrogens with one attached hydrogen (secondary N) is 1. The minimum absolute atomic E-state index is 0.0688. The van der Waals surface area contributed by atoms with Gasteiger partial charge in [-0.3, -0.25) is 10.1 Å². The maximum absolute atomic E-state index is 11.3. The molecule has 1 aromatic heterocycles. The lowest BCUT2D eigenvalue weighted by Gasteiger charge is -2.32. The van der Waals surface area contributed by atoms with E-state index in [4.69, 9.17) is 5.84 Å². The Morgan fingerprint density at radius 1 is 1.35 bits per heavy atom. The van der Waals surface area contributed by atoms with Crippen LogP contribution >= 0.6 is 0 Å². The van der Waals surface area contributed by atoms with Crippen molar-refractivity contribution in [1.29, 1.82) is 0 Å². The molecule has 2 atom stereocenters. The summed E-state index contributed by atoms with van der Waals surface area (Å²) in [5, 5.41) is 11.3. The Morgan fingerprint density at radius 2 is 2.15 bits per heavy atom. The molecule has 0 amide bonds. The lowest BCUT2D eigenvalue weighted by molar-refractivity contribution is -0.383. The van der Waals surface area contributed by atoms with E-state index in [-0.39, 0.29) is 11.5 Å². The number of anilines is 2. The third kappa shape index (κ3) is 2.05. The van der Waals surface area contributed by atoms with Crippen molar-refractivity contribution in [2.75, 3.05) is 16.9 Å². The Labute approximate surface area is 116 Å². The molecule has 2 aliphatic rings. The normalized spacial score (nSPS) is 25.4. The van der Waals surface area contributed by atoms with Gasteiger partial charge >= 0.3 is 5.69 Å². The third-order valence-corrected chi connectivity index (χ3v) is 4.40. The summed E-state index contributed by atoms with van der Waals surface area (Å²) in [4.78, 5) is 20.9. The average molecular weight is 278 g/mol. The Balaban J connectivity index is 1.99. The molecule has 108 valence electrons. The first-order chi connectivity index (χ1) is 9.72. The molecule has 0 bridgehead atoms. The van der Waals surface area contributed by atoms with Gasteiger partial charge < -0.3 is 10.3 Å². The van der Waals surface area contributed by atoms with Crippen molar-refractivity contribution in [3.05, 3.63) is 16.4 Å². The van der Waals surface area contributed by atoms with Crippen molar-refractivity contribution in [2.45, 2.75) is 38.1 Å². The number of nitrogen functional groups attached to an aromatic ring is 1. The summed E-state index contributed by atoms with van der Waals surface area (Å²) < 4.78 is 0. The van der Waals surface area contributed by atoms with E-state index in [2.05, 4.69) is 20.3 Å². The maximum atomic E-state index is 11.3. The Morgan fingerprint density at radius 3 is 2.90 bits per heavy atom. The van der Waals surface area contributed by atoms with Crippen LogP contribution in [-0.4, -0.2) is 27.5 Å². The Hall–Kier alpha value is -1.96. The van der Waals surface area contributed by atoms with Gasteiger partial charge in [0.2, 0.25) is 11.6 Å². The third-order valence-electron chi connectivity index (χ3n) is 4.40. The fourth-order valence-electron chi connectivity index (χ4n) is 3.52. The SMILES string of the molecule is NNc1ncnc(N2CCC3CCCCC32)c1[N+](=O)[O-]. The standard InChI is InChI=1S/C12H18N6O2/c13-16-11-10(18(19)20)12(15-7-14-11)17-6-5-8-3-1-2-4-9(8)17/h7-9H,1-6,13H2,(H,14,15,16). The van der Waals surface area contributed by atoms with E-state index in [0.29, 0.717) is 17.8 Å². The van der Waals surface area contributed by atoms with Crippen molar-refractivity contribution in [3.8, 4) is 0 Å². The molecular weight excluding hydrogens is 260 g/mol. The number of hydrogen-bond acceptors (Lipinski definition) is 7. The lowest BCUT2D eigenvalue weighted by Crippen LogP contribution is -2.35. The fourth-order valence-corrected chi connectivity index (χ4v) is 3.52. The minimum Gasteiger partial charge on any atom is -0.347 e. The van der Waals surface area contributed by atoms with Crippen LogP contribution in [0.5, 0.6) is 0 Å². The van der Waals surface area contributed by atoms with E-state index in [1.54, 1.807) is 0 Å². The first kappa shape index (κ1) is 13.0.